The van der Waals surface area contributed by atoms with E-state index in [4.69, 9.17) is 0 Å². The Balaban J connectivity index is 6.06. The minimum absolute atomic E-state index is 0.711. The first-order chi connectivity index (χ1) is 24.2. The van der Waals surface area contributed by atoms with Crippen LogP contribution in [0.1, 0.15) is 26.2 Å². The lowest BCUT2D eigenvalue weighted by atomic mass is 9.93. The summed E-state index contributed by atoms with van der Waals surface area (Å²) in [5, 5.41) is 1.32. The molecule has 0 saturated carbocycles. The lowest BCUT2D eigenvalue weighted by Gasteiger charge is -2.39. The average Bonchev–Trinajstić information content (AvgIpc) is 2.98. The summed E-state index contributed by atoms with van der Waals surface area (Å²) in [5.41, 5.74) is -0.711. The van der Waals surface area contributed by atoms with E-state index in [0.717, 1.165) is 6.92 Å². The van der Waals surface area contributed by atoms with E-state index in [9.17, 15) is 129 Å². The fraction of sp³-hybridized carbons (Fsp3) is 0.792. The third-order valence-electron chi connectivity index (χ3n) is 6.68. The zero-order valence-electron chi connectivity index (χ0n) is 26.2. The maximum Gasteiger partial charge on any atom is 0.460 e. The number of esters is 2. The summed E-state index contributed by atoms with van der Waals surface area (Å²) in [7, 11) is 0. The van der Waals surface area contributed by atoms with Crippen LogP contribution in [0.2, 0.25) is 0 Å². The van der Waals surface area contributed by atoms with Gasteiger partial charge in [0.15, 0.2) is 0 Å². The monoisotopic (exact) mass is 893 g/mol. The number of hydrogen-bond acceptors (Lipinski definition) is 5. The van der Waals surface area contributed by atoms with Gasteiger partial charge in [0.2, 0.25) is 5.91 Å². The Bertz CT molecular complexity index is 1450. The Morgan fingerprint density at radius 1 is 0.482 bits per heavy atom. The van der Waals surface area contributed by atoms with Crippen LogP contribution >= 0.6 is 0 Å². The van der Waals surface area contributed by atoms with Crippen molar-refractivity contribution in [3.05, 3.63) is 12.2 Å². The van der Waals surface area contributed by atoms with Crippen molar-refractivity contribution in [1.82, 2.24) is 5.32 Å². The molecule has 56 heavy (non-hydrogen) atoms. The van der Waals surface area contributed by atoms with Crippen LogP contribution in [0.4, 0.5) is 114 Å². The number of carbonyl (C=O) groups excluding carboxylic acids is 3. The van der Waals surface area contributed by atoms with Gasteiger partial charge in [-0.3, -0.25) is 9.59 Å². The van der Waals surface area contributed by atoms with Crippen molar-refractivity contribution in [2.45, 2.75) is 104 Å². The van der Waals surface area contributed by atoms with Crippen LogP contribution in [-0.4, -0.2) is 109 Å². The van der Waals surface area contributed by atoms with Crippen LogP contribution in [0.5, 0.6) is 0 Å². The molecule has 0 unspecified atom stereocenters. The number of alkyl halides is 26. The molecule has 1 N–H and O–H groups in total. The molecule has 0 rings (SSSR count). The molecule has 0 heterocycles. The smallest absolute Gasteiger partial charge is 0.460 e. The van der Waals surface area contributed by atoms with E-state index in [-0.39, 0.29) is 0 Å². The molecule has 0 saturated heterocycles. The van der Waals surface area contributed by atoms with E-state index < -0.39 is 134 Å². The van der Waals surface area contributed by atoms with Crippen LogP contribution in [0.15, 0.2) is 12.2 Å². The van der Waals surface area contributed by atoms with Crippen molar-refractivity contribution in [3.8, 4) is 0 Å². The van der Waals surface area contributed by atoms with Gasteiger partial charge in [0.05, 0.1) is 32.5 Å². The summed E-state index contributed by atoms with van der Waals surface area (Å²) in [5.74, 6) is -85.1. The van der Waals surface area contributed by atoms with Crippen LogP contribution in [-0.2, 0) is 23.9 Å². The lowest BCUT2D eigenvalue weighted by molar-refractivity contribution is -0.440. The summed E-state index contributed by atoms with van der Waals surface area (Å²) < 4.78 is 351. The van der Waals surface area contributed by atoms with Crippen molar-refractivity contribution in [3.63, 3.8) is 0 Å². The van der Waals surface area contributed by atoms with Crippen molar-refractivity contribution in [1.29, 1.82) is 0 Å². The molecule has 0 aromatic carbocycles. The standard InChI is InChI=1S/C24H17F26NO5/c1-8(2)11(53)51-9(12(54)56-6-4-14(27,28)16(31,32)18(35,36)20(39,40)22(43,44)24(48,49)50)7-10(52)55-5-3-13(25,26)15(29,30)17(33,34)19(37,38)21(41,42)23(45,46)47/h9H,1,3-7H2,2H3,(H,51,53)/t9-/m0/s1. The molecule has 1 amide bonds. The summed E-state index contributed by atoms with van der Waals surface area (Å²) in [6.07, 6.45) is -23.8. The quantitative estimate of drug-likeness (QED) is 0.0798. The summed E-state index contributed by atoms with van der Waals surface area (Å²) in [4.78, 5) is 35.9. The highest BCUT2D eigenvalue weighted by atomic mass is 19.4. The van der Waals surface area contributed by atoms with E-state index in [1.54, 1.807) is 0 Å². The Kier molecular flexibility index (Phi) is 14.6. The predicted octanol–water partition coefficient (Wildman–Crippen LogP) is 8.78. The van der Waals surface area contributed by atoms with Gasteiger partial charge in [-0.15, -0.1) is 0 Å². The average molecular weight is 893 g/mol. The number of carbonyl (C=O) groups is 3. The topological polar surface area (TPSA) is 81.7 Å². The van der Waals surface area contributed by atoms with Gasteiger partial charge in [-0.05, 0) is 6.92 Å². The lowest BCUT2D eigenvalue weighted by Crippen LogP contribution is -2.70. The first-order valence-electron chi connectivity index (χ1n) is 13.4. The van der Waals surface area contributed by atoms with Gasteiger partial charge < -0.3 is 14.8 Å². The zero-order chi connectivity index (χ0) is 45.5. The van der Waals surface area contributed by atoms with Crippen molar-refractivity contribution in [2.24, 2.45) is 0 Å². The molecule has 1 atom stereocenters. The fourth-order valence-electron chi connectivity index (χ4n) is 3.29. The number of rotatable bonds is 19. The van der Waals surface area contributed by atoms with Gasteiger partial charge in [0, 0.05) is 5.57 Å². The minimum Gasteiger partial charge on any atom is -0.465 e. The Morgan fingerprint density at radius 2 is 0.768 bits per heavy atom. The van der Waals surface area contributed by atoms with Crippen LogP contribution in [0.3, 0.4) is 0 Å². The van der Waals surface area contributed by atoms with Crippen molar-refractivity contribution < 1.29 is 138 Å². The van der Waals surface area contributed by atoms with Gasteiger partial charge in [0.25, 0.3) is 0 Å². The molecule has 6 nitrogen and oxygen atoms in total. The highest BCUT2D eigenvalue weighted by Gasteiger charge is 2.92. The van der Waals surface area contributed by atoms with E-state index in [1.165, 1.54) is 5.32 Å². The van der Waals surface area contributed by atoms with Gasteiger partial charge in [-0.1, -0.05) is 6.58 Å². The molecule has 330 valence electrons. The number of halogens is 26. The molecular weight excluding hydrogens is 876 g/mol. The van der Waals surface area contributed by atoms with E-state index >= 15 is 0 Å². The van der Waals surface area contributed by atoms with Gasteiger partial charge in [0.1, 0.15) is 6.04 Å². The predicted molar refractivity (Wildman–Crippen MR) is 124 cm³/mol. The zero-order valence-corrected chi connectivity index (χ0v) is 26.2. The molecule has 0 aliphatic rings. The van der Waals surface area contributed by atoms with Crippen molar-refractivity contribution >= 4 is 17.8 Å². The second-order valence-corrected chi connectivity index (χ2v) is 10.9. The largest absolute Gasteiger partial charge is 0.465 e. The van der Waals surface area contributed by atoms with Crippen molar-refractivity contribution in [2.75, 3.05) is 13.2 Å². The maximum absolute atomic E-state index is 13.9. The molecule has 0 radical (unpaired) electrons. The second-order valence-electron chi connectivity index (χ2n) is 10.9. The third kappa shape index (κ3) is 9.05. The molecule has 0 bridgehead atoms. The molecule has 0 aliphatic heterocycles. The molecule has 0 aliphatic carbocycles. The van der Waals surface area contributed by atoms with E-state index in [0.29, 0.717) is 0 Å². The molecule has 0 aromatic rings. The maximum atomic E-state index is 13.9. The highest BCUT2D eigenvalue weighted by Crippen LogP contribution is 2.62. The first kappa shape index (κ1) is 52.3. The number of nitrogens with one attached hydrogen (secondary N) is 1. The normalized spacial score (nSPS) is 15.6. The van der Waals surface area contributed by atoms with Gasteiger partial charge in [-0.2, -0.15) is 114 Å². The van der Waals surface area contributed by atoms with Gasteiger partial charge >= 0.3 is 83.5 Å². The van der Waals surface area contributed by atoms with Crippen LogP contribution in [0, 0.1) is 0 Å². The minimum atomic E-state index is -8.31. The molecule has 0 spiro atoms. The molecule has 0 aromatic heterocycles. The summed E-state index contributed by atoms with van der Waals surface area (Å²) >= 11 is 0. The van der Waals surface area contributed by atoms with Gasteiger partial charge in [-0.25, -0.2) is 4.79 Å². The number of hydrogen-bond donors (Lipinski definition) is 1. The van der Waals surface area contributed by atoms with E-state index in [2.05, 4.69) is 16.1 Å². The molecule has 32 heteroatoms. The third-order valence-corrected chi connectivity index (χ3v) is 6.68. The summed E-state index contributed by atoms with van der Waals surface area (Å²) in [6, 6.07) is -2.85. The van der Waals surface area contributed by atoms with Crippen LogP contribution < -0.4 is 5.32 Å². The SMILES string of the molecule is C=C(C)C(=O)N[C@@H](CC(=O)OCCC(F)(F)C(F)(F)C(F)(F)C(F)(F)C(F)(F)C(F)(F)F)C(=O)OCCC(F)(F)C(F)(F)C(F)(F)C(F)(F)C(F)(F)C(F)(F)F. The Labute approximate surface area is 291 Å². The second kappa shape index (κ2) is 15.6. The molecule has 0 fully saturated rings. The number of ether oxygens (including phenoxy) is 2. The number of amides is 1. The van der Waals surface area contributed by atoms with E-state index in [1.807, 2.05) is 0 Å². The van der Waals surface area contributed by atoms with Crippen LogP contribution in [0.25, 0.3) is 0 Å². The summed E-state index contributed by atoms with van der Waals surface area (Å²) in [6.45, 7) is -1.29. The first-order valence-corrected chi connectivity index (χ1v) is 13.4. The Morgan fingerprint density at radius 3 is 1.05 bits per heavy atom. The fourth-order valence-corrected chi connectivity index (χ4v) is 3.29. The molecular formula is C24H17F26NO5. The Hall–Kier alpha value is -3.67. The highest BCUT2D eigenvalue weighted by molar-refractivity contribution is 5.96.